The van der Waals surface area contributed by atoms with E-state index in [9.17, 15) is 0 Å². The number of ether oxygens (including phenoxy) is 1. The Kier molecular flexibility index (Phi) is 2.53. The van der Waals surface area contributed by atoms with E-state index in [1.807, 2.05) is 24.4 Å². The van der Waals surface area contributed by atoms with Crippen LogP contribution in [0.3, 0.4) is 0 Å². The molecule has 3 nitrogen and oxygen atoms in total. The van der Waals surface area contributed by atoms with Crippen LogP contribution in [-0.2, 0) is 6.42 Å². The number of nitrogens with two attached hydrogens (primary N) is 1. The van der Waals surface area contributed by atoms with Gasteiger partial charge in [-0.25, -0.2) is 0 Å². The van der Waals surface area contributed by atoms with Crippen molar-refractivity contribution in [3.8, 4) is 16.9 Å². The Morgan fingerprint density at radius 3 is 3.00 bits per heavy atom. The Bertz CT molecular complexity index is 525. The highest BCUT2D eigenvalue weighted by Gasteiger charge is 2.19. The SMILES string of the molecule is N[C@@H]1COc2cccc(-c3cccnc3)c2C1. The van der Waals surface area contributed by atoms with Crippen LogP contribution < -0.4 is 10.5 Å². The number of pyridine rings is 1. The van der Waals surface area contributed by atoms with E-state index in [1.165, 1.54) is 11.1 Å². The number of fused-ring (bicyclic) bond motifs is 1. The van der Waals surface area contributed by atoms with Crippen molar-refractivity contribution in [3.05, 3.63) is 48.3 Å². The molecule has 0 amide bonds. The maximum absolute atomic E-state index is 5.96. The molecule has 17 heavy (non-hydrogen) atoms. The van der Waals surface area contributed by atoms with Crippen LogP contribution in [0.2, 0.25) is 0 Å². The van der Waals surface area contributed by atoms with Crippen LogP contribution in [0.5, 0.6) is 5.75 Å². The van der Waals surface area contributed by atoms with Crippen molar-refractivity contribution >= 4 is 0 Å². The average molecular weight is 226 g/mol. The molecule has 1 aliphatic rings. The third-order valence-electron chi connectivity index (χ3n) is 3.02. The smallest absolute Gasteiger partial charge is 0.123 e. The molecule has 2 heterocycles. The van der Waals surface area contributed by atoms with Gasteiger partial charge < -0.3 is 10.5 Å². The highest BCUT2D eigenvalue weighted by atomic mass is 16.5. The van der Waals surface area contributed by atoms with Crippen LogP contribution >= 0.6 is 0 Å². The number of nitrogens with zero attached hydrogens (tertiary/aromatic N) is 1. The summed E-state index contributed by atoms with van der Waals surface area (Å²) in [5.74, 6) is 0.952. The van der Waals surface area contributed by atoms with Gasteiger partial charge in [0, 0.05) is 29.6 Å². The number of aromatic nitrogens is 1. The molecule has 3 heteroatoms. The maximum Gasteiger partial charge on any atom is 0.123 e. The first-order valence-electron chi connectivity index (χ1n) is 5.75. The fourth-order valence-corrected chi connectivity index (χ4v) is 2.22. The summed E-state index contributed by atoms with van der Waals surface area (Å²) in [6, 6.07) is 10.2. The lowest BCUT2D eigenvalue weighted by Gasteiger charge is -2.24. The van der Waals surface area contributed by atoms with Gasteiger partial charge in [0.25, 0.3) is 0 Å². The molecule has 2 N–H and O–H groups in total. The zero-order valence-electron chi connectivity index (χ0n) is 9.47. The van der Waals surface area contributed by atoms with Crippen molar-refractivity contribution in [2.45, 2.75) is 12.5 Å². The standard InChI is InChI=1S/C14H14N2O/c15-11-7-13-12(10-3-2-6-16-8-10)4-1-5-14(13)17-9-11/h1-6,8,11H,7,9,15H2/t11-/m0/s1. The van der Waals surface area contributed by atoms with Crippen LogP contribution in [0.25, 0.3) is 11.1 Å². The number of hydrogen-bond donors (Lipinski definition) is 1. The molecule has 0 aliphatic carbocycles. The lowest BCUT2D eigenvalue weighted by molar-refractivity contribution is 0.264. The van der Waals surface area contributed by atoms with E-state index < -0.39 is 0 Å². The number of rotatable bonds is 1. The van der Waals surface area contributed by atoms with E-state index in [0.29, 0.717) is 6.61 Å². The lowest BCUT2D eigenvalue weighted by atomic mass is 9.94. The minimum atomic E-state index is 0.0836. The zero-order valence-corrected chi connectivity index (χ0v) is 9.47. The summed E-state index contributed by atoms with van der Waals surface area (Å²) in [4.78, 5) is 4.16. The molecular weight excluding hydrogens is 212 g/mol. The summed E-state index contributed by atoms with van der Waals surface area (Å²) in [6.07, 6.45) is 4.51. The van der Waals surface area contributed by atoms with Gasteiger partial charge in [-0.2, -0.15) is 0 Å². The van der Waals surface area contributed by atoms with Crippen molar-refractivity contribution in [2.24, 2.45) is 5.73 Å². The summed E-state index contributed by atoms with van der Waals surface area (Å²) in [6.45, 7) is 0.601. The molecule has 2 aromatic rings. The third-order valence-corrected chi connectivity index (χ3v) is 3.02. The van der Waals surface area contributed by atoms with Crippen LogP contribution in [0.15, 0.2) is 42.7 Å². The Morgan fingerprint density at radius 2 is 2.18 bits per heavy atom. The van der Waals surface area contributed by atoms with Gasteiger partial charge >= 0.3 is 0 Å². The van der Waals surface area contributed by atoms with E-state index in [2.05, 4.69) is 17.1 Å². The molecule has 3 rings (SSSR count). The number of benzene rings is 1. The van der Waals surface area contributed by atoms with Gasteiger partial charge in [-0.3, -0.25) is 4.98 Å². The average Bonchev–Trinajstić information content (AvgIpc) is 2.39. The van der Waals surface area contributed by atoms with Gasteiger partial charge in [0.2, 0.25) is 0 Å². The van der Waals surface area contributed by atoms with E-state index in [0.717, 1.165) is 17.7 Å². The Morgan fingerprint density at radius 1 is 1.24 bits per heavy atom. The summed E-state index contributed by atoms with van der Waals surface area (Å²) < 4.78 is 5.65. The van der Waals surface area contributed by atoms with Crippen LogP contribution in [0, 0.1) is 0 Å². The first-order chi connectivity index (χ1) is 8.34. The number of hydrogen-bond acceptors (Lipinski definition) is 3. The van der Waals surface area contributed by atoms with Crippen molar-refractivity contribution in [2.75, 3.05) is 6.61 Å². The highest BCUT2D eigenvalue weighted by molar-refractivity contribution is 5.69. The predicted molar refractivity (Wildman–Crippen MR) is 66.8 cm³/mol. The van der Waals surface area contributed by atoms with Gasteiger partial charge in [0.1, 0.15) is 12.4 Å². The molecule has 1 aromatic carbocycles. The first-order valence-corrected chi connectivity index (χ1v) is 5.75. The summed E-state index contributed by atoms with van der Waals surface area (Å²) >= 11 is 0. The monoisotopic (exact) mass is 226 g/mol. The second-order valence-electron chi connectivity index (χ2n) is 4.30. The molecule has 1 aromatic heterocycles. The quantitative estimate of drug-likeness (QED) is 0.809. The maximum atomic E-state index is 5.96. The van der Waals surface area contributed by atoms with Crippen LogP contribution in [0.4, 0.5) is 0 Å². The first kappa shape index (κ1) is 10.3. The molecule has 1 aliphatic heterocycles. The molecule has 0 saturated carbocycles. The van der Waals surface area contributed by atoms with Crippen molar-refractivity contribution < 1.29 is 4.74 Å². The Balaban J connectivity index is 2.12. The molecule has 0 fully saturated rings. The Hall–Kier alpha value is -1.87. The van der Waals surface area contributed by atoms with Crippen molar-refractivity contribution in [1.29, 1.82) is 0 Å². The second-order valence-corrected chi connectivity index (χ2v) is 4.30. The van der Waals surface area contributed by atoms with E-state index >= 15 is 0 Å². The highest BCUT2D eigenvalue weighted by Crippen LogP contribution is 2.33. The van der Waals surface area contributed by atoms with Crippen molar-refractivity contribution in [3.63, 3.8) is 0 Å². The molecule has 86 valence electrons. The molecule has 0 spiro atoms. The van der Waals surface area contributed by atoms with Crippen LogP contribution in [-0.4, -0.2) is 17.6 Å². The zero-order chi connectivity index (χ0) is 11.7. The Labute approximate surface area is 100 Å². The van der Waals surface area contributed by atoms with Crippen molar-refractivity contribution in [1.82, 2.24) is 4.98 Å². The molecule has 0 unspecified atom stereocenters. The summed E-state index contributed by atoms with van der Waals surface area (Å²) in [7, 11) is 0. The molecule has 0 saturated heterocycles. The molecule has 1 atom stereocenters. The summed E-state index contributed by atoms with van der Waals surface area (Å²) in [5, 5.41) is 0. The summed E-state index contributed by atoms with van der Waals surface area (Å²) in [5.41, 5.74) is 9.43. The molecular formula is C14H14N2O. The minimum Gasteiger partial charge on any atom is -0.492 e. The van der Waals surface area contributed by atoms with Gasteiger partial charge in [-0.1, -0.05) is 18.2 Å². The predicted octanol–water partition coefficient (Wildman–Crippen LogP) is 2.01. The van der Waals surface area contributed by atoms with Gasteiger partial charge in [-0.15, -0.1) is 0 Å². The fraction of sp³-hybridized carbons (Fsp3) is 0.214. The van der Waals surface area contributed by atoms with E-state index in [-0.39, 0.29) is 6.04 Å². The lowest BCUT2D eigenvalue weighted by Crippen LogP contribution is -2.34. The van der Waals surface area contributed by atoms with E-state index in [1.54, 1.807) is 6.20 Å². The molecule has 0 bridgehead atoms. The fourth-order valence-electron chi connectivity index (χ4n) is 2.22. The van der Waals surface area contributed by atoms with Crippen LogP contribution in [0.1, 0.15) is 5.56 Å². The van der Waals surface area contributed by atoms with E-state index in [4.69, 9.17) is 10.5 Å². The second kappa shape index (κ2) is 4.18. The van der Waals surface area contributed by atoms with Gasteiger partial charge in [-0.05, 0) is 24.1 Å². The third kappa shape index (κ3) is 1.89. The van der Waals surface area contributed by atoms with Gasteiger partial charge in [0.15, 0.2) is 0 Å². The largest absolute Gasteiger partial charge is 0.492 e. The normalized spacial score (nSPS) is 18.3. The minimum absolute atomic E-state index is 0.0836. The van der Waals surface area contributed by atoms with Gasteiger partial charge in [0.05, 0.1) is 0 Å². The molecule has 0 radical (unpaired) electrons. The topological polar surface area (TPSA) is 48.1 Å².